The summed E-state index contributed by atoms with van der Waals surface area (Å²) in [6.45, 7) is 2.18. The molecule has 0 fully saturated rings. The second-order valence-electron chi connectivity index (χ2n) is 5.03. The molecule has 2 aromatic carbocycles. The quantitative estimate of drug-likeness (QED) is 0.903. The highest BCUT2D eigenvalue weighted by Gasteiger charge is 2.26. The summed E-state index contributed by atoms with van der Waals surface area (Å²) in [4.78, 5) is 1.75. The minimum Gasteiger partial charge on any atom is -0.389 e. The van der Waals surface area contributed by atoms with Gasteiger partial charge in [-0.3, -0.25) is 0 Å². The number of hydrogen-bond donors (Lipinski definition) is 1. The summed E-state index contributed by atoms with van der Waals surface area (Å²) >= 11 is 0. The van der Waals surface area contributed by atoms with Gasteiger partial charge in [0.1, 0.15) is 11.6 Å². The summed E-state index contributed by atoms with van der Waals surface area (Å²) in [5.74, 6) is -0.744. The lowest BCUT2D eigenvalue weighted by atomic mass is 10.1. The molecule has 0 amide bonds. The average Bonchev–Trinajstić information content (AvgIpc) is 2.81. The first-order valence-electron chi connectivity index (χ1n) is 6.60. The van der Waals surface area contributed by atoms with E-state index in [1.54, 1.807) is 30.0 Å². The maximum absolute atomic E-state index is 14.2. The lowest BCUT2D eigenvalue weighted by molar-refractivity contribution is 0.199. The fraction of sp³-hybridized carbons (Fsp3) is 0.250. The van der Waals surface area contributed by atoms with Gasteiger partial charge in [-0.15, -0.1) is 0 Å². The van der Waals surface area contributed by atoms with Gasteiger partial charge in [0.25, 0.3) is 0 Å². The van der Waals surface area contributed by atoms with E-state index in [1.807, 2.05) is 0 Å². The lowest BCUT2D eigenvalue weighted by Gasteiger charge is -2.24. The molecule has 0 aliphatic carbocycles. The highest BCUT2D eigenvalue weighted by molar-refractivity contribution is 5.72. The Bertz CT molecular complexity index is 655. The van der Waals surface area contributed by atoms with Crippen molar-refractivity contribution in [3.8, 4) is 0 Å². The van der Waals surface area contributed by atoms with E-state index in [-0.39, 0.29) is 5.82 Å². The number of fused-ring (bicyclic) bond motifs is 1. The molecule has 0 unspecified atom stereocenters. The zero-order chi connectivity index (χ0) is 14.3. The monoisotopic (exact) mass is 275 g/mol. The molecule has 0 aromatic heterocycles. The minimum absolute atomic E-state index is 0.340. The van der Waals surface area contributed by atoms with E-state index in [0.717, 1.165) is 12.0 Å². The fourth-order valence-electron chi connectivity index (χ4n) is 2.74. The maximum atomic E-state index is 14.2. The number of benzene rings is 2. The Balaban J connectivity index is 2.15. The second kappa shape index (κ2) is 4.87. The van der Waals surface area contributed by atoms with Gasteiger partial charge in [0.05, 0.1) is 11.8 Å². The smallest absolute Gasteiger partial charge is 0.147 e. The minimum atomic E-state index is -0.779. The van der Waals surface area contributed by atoms with Crippen molar-refractivity contribution in [3.63, 3.8) is 0 Å². The third kappa shape index (κ3) is 2.06. The molecule has 2 nitrogen and oxygen atoms in total. The zero-order valence-corrected chi connectivity index (χ0v) is 11.1. The van der Waals surface area contributed by atoms with Crippen molar-refractivity contribution in [2.75, 3.05) is 11.4 Å². The summed E-state index contributed by atoms with van der Waals surface area (Å²) in [6.07, 6.45) is -0.0401. The van der Waals surface area contributed by atoms with Crippen molar-refractivity contribution in [3.05, 3.63) is 59.2 Å². The van der Waals surface area contributed by atoms with Crippen LogP contribution in [0.5, 0.6) is 0 Å². The molecule has 1 heterocycles. The van der Waals surface area contributed by atoms with E-state index in [9.17, 15) is 13.9 Å². The Morgan fingerprint density at radius 2 is 2.00 bits per heavy atom. The van der Waals surface area contributed by atoms with Crippen LogP contribution in [0.4, 0.5) is 20.2 Å². The molecule has 3 rings (SSSR count). The Kier molecular flexibility index (Phi) is 3.18. The van der Waals surface area contributed by atoms with Crippen molar-refractivity contribution in [2.24, 2.45) is 0 Å². The molecule has 0 radical (unpaired) electrons. The van der Waals surface area contributed by atoms with Crippen LogP contribution in [0.15, 0.2) is 36.4 Å². The predicted octanol–water partition coefficient (Wildman–Crippen LogP) is 3.71. The molecular weight excluding hydrogens is 260 g/mol. The van der Waals surface area contributed by atoms with Crippen molar-refractivity contribution in [1.82, 2.24) is 0 Å². The van der Waals surface area contributed by atoms with E-state index in [1.165, 1.54) is 18.2 Å². The van der Waals surface area contributed by atoms with E-state index in [0.29, 0.717) is 23.5 Å². The van der Waals surface area contributed by atoms with Crippen molar-refractivity contribution in [2.45, 2.75) is 19.4 Å². The third-order valence-corrected chi connectivity index (χ3v) is 3.68. The van der Waals surface area contributed by atoms with E-state index in [4.69, 9.17) is 0 Å². The van der Waals surface area contributed by atoms with Crippen LogP contribution in [0.2, 0.25) is 0 Å². The van der Waals surface area contributed by atoms with Gasteiger partial charge in [0.15, 0.2) is 0 Å². The van der Waals surface area contributed by atoms with Gasteiger partial charge in [-0.25, -0.2) is 8.78 Å². The molecule has 0 saturated carbocycles. The van der Waals surface area contributed by atoms with Crippen LogP contribution in [-0.2, 0) is 6.42 Å². The molecule has 0 bridgehead atoms. The SMILES string of the molecule is C[C@H](O)c1cccc(F)c1N1CCc2ccc(F)cc21. The van der Waals surface area contributed by atoms with E-state index >= 15 is 0 Å². The first-order chi connectivity index (χ1) is 9.58. The second-order valence-corrected chi connectivity index (χ2v) is 5.03. The molecule has 1 aliphatic rings. The first-order valence-corrected chi connectivity index (χ1v) is 6.60. The molecule has 20 heavy (non-hydrogen) atoms. The van der Waals surface area contributed by atoms with Crippen molar-refractivity contribution < 1.29 is 13.9 Å². The van der Waals surface area contributed by atoms with Crippen LogP contribution in [0, 0.1) is 11.6 Å². The molecule has 0 spiro atoms. The third-order valence-electron chi connectivity index (χ3n) is 3.68. The van der Waals surface area contributed by atoms with Crippen LogP contribution >= 0.6 is 0 Å². The Morgan fingerprint density at radius 3 is 2.75 bits per heavy atom. The van der Waals surface area contributed by atoms with Gasteiger partial charge >= 0.3 is 0 Å². The maximum Gasteiger partial charge on any atom is 0.147 e. The zero-order valence-electron chi connectivity index (χ0n) is 11.1. The normalized spacial score (nSPS) is 15.3. The van der Waals surface area contributed by atoms with Crippen LogP contribution in [-0.4, -0.2) is 11.7 Å². The molecule has 1 atom stereocenters. The van der Waals surface area contributed by atoms with Crippen molar-refractivity contribution >= 4 is 11.4 Å². The van der Waals surface area contributed by atoms with Crippen LogP contribution in [0.3, 0.4) is 0 Å². The van der Waals surface area contributed by atoms with Gasteiger partial charge in [-0.1, -0.05) is 18.2 Å². The predicted molar refractivity (Wildman–Crippen MR) is 74.1 cm³/mol. The van der Waals surface area contributed by atoms with Gasteiger partial charge in [0.2, 0.25) is 0 Å². The molecule has 2 aromatic rings. The van der Waals surface area contributed by atoms with Gasteiger partial charge in [-0.05, 0) is 37.1 Å². The van der Waals surface area contributed by atoms with Crippen LogP contribution in [0.25, 0.3) is 0 Å². The number of halogens is 2. The Hall–Kier alpha value is -1.94. The molecule has 104 valence electrons. The number of nitrogens with zero attached hydrogens (tertiary/aromatic N) is 1. The van der Waals surface area contributed by atoms with Crippen LogP contribution in [0.1, 0.15) is 24.2 Å². The molecular formula is C16H15F2NO. The molecule has 1 aliphatic heterocycles. The lowest BCUT2D eigenvalue weighted by Crippen LogP contribution is -2.17. The fourth-order valence-corrected chi connectivity index (χ4v) is 2.74. The molecule has 4 heteroatoms. The summed E-state index contributed by atoms with van der Waals surface area (Å²) in [5.41, 5.74) is 2.53. The highest BCUT2D eigenvalue weighted by Crippen LogP contribution is 2.39. The largest absolute Gasteiger partial charge is 0.389 e. The number of anilines is 2. The number of aliphatic hydroxyl groups is 1. The summed E-state index contributed by atoms with van der Waals surface area (Å²) < 4.78 is 27.7. The number of para-hydroxylation sites is 1. The number of hydrogen-bond acceptors (Lipinski definition) is 2. The Morgan fingerprint density at radius 1 is 1.20 bits per heavy atom. The topological polar surface area (TPSA) is 23.5 Å². The Labute approximate surface area is 116 Å². The van der Waals surface area contributed by atoms with Gasteiger partial charge < -0.3 is 10.0 Å². The summed E-state index contributed by atoms with van der Waals surface area (Å²) in [7, 11) is 0. The average molecular weight is 275 g/mol. The highest BCUT2D eigenvalue weighted by atomic mass is 19.1. The standard InChI is InChI=1S/C16H15F2NO/c1-10(20)13-3-2-4-14(18)16(13)19-8-7-11-5-6-12(17)9-15(11)19/h2-6,9-10,20H,7-8H2,1H3/t10-/m0/s1. The van der Waals surface area contributed by atoms with Crippen molar-refractivity contribution in [1.29, 1.82) is 0 Å². The molecule has 1 N–H and O–H groups in total. The molecule has 0 saturated heterocycles. The van der Waals surface area contributed by atoms with E-state index < -0.39 is 11.9 Å². The van der Waals surface area contributed by atoms with E-state index in [2.05, 4.69) is 0 Å². The van der Waals surface area contributed by atoms with Gasteiger partial charge in [0, 0.05) is 17.8 Å². The first kappa shape index (κ1) is 13.1. The summed E-state index contributed by atoms with van der Waals surface area (Å²) in [5, 5.41) is 9.82. The number of rotatable bonds is 2. The van der Waals surface area contributed by atoms with Crippen LogP contribution < -0.4 is 4.90 Å². The van der Waals surface area contributed by atoms with Gasteiger partial charge in [-0.2, -0.15) is 0 Å². The summed E-state index contributed by atoms with van der Waals surface area (Å²) in [6, 6.07) is 9.19. The number of aliphatic hydroxyl groups excluding tert-OH is 1.